The molecule has 0 N–H and O–H groups in total. The van der Waals surface area contributed by atoms with Crippen LogP contribution in [0.1, 0.15) is 233 Å². The van der Waals surface area contributed by atoms with Gasteiger partial charge < -0.3 is 29.4 Å². The molecule has 4 aliphatic carbocycles. The Morgan fingerprint density at radius 2 is 0.312 bits per heavy atom. The van der Waals surface area contributed by atoms with Crippen LogP contribution in [-0.4, -0.2) is 150 Å². The predicted molar refractivity (Wildman–Crippen MR) is 289 cm³/mol. The van der Waals surface area contributed by atoms with Crippen molar-refractivity contribution in [1.29, 1.82) is 0 Å². The van der Waals surface area contributed by atoms with E-state index < -0.39 is 0 Å². The summed E-state index contributed by atoms with van der Waals surface area (Å²) >= 11 is 0. The van der Waals surface area contributed by atoms with Gasteiger partial charge in [0.1, 0.15) is 0 Å². The van der Waals surface area contributed by atoms with Crippen molar-refractivity contribution in [2.75, 3.05) is 121 Å². The Balaban J connectivity index is 0.000000357. The lowest BCUT2D eigenvalue weighted by molar-refractivity contribution is 0.229. The lowest BCUT2D eigenvalue weighted by atomic mass is 9.88. The maximum absolute atomic E-state index is 2.42. The minimum absolute atomic E-state index is 1.04. The van der Waals surface area contributed by atoms with E-state index in [4.69, 9.17) is 0 Å². The molecule has 6 heterocycles. The molecule has 0 radical (unpaired) electrons. The zero-order valence-electron chi connectivity index (χ0n) is 46.1. The first kappa shape index (κ1) is 61.8. The van der Waals surface area contributed by atoms with Crippen LogP contribution in [0.25, 0.3) is 0 Å². The maximum atomic E-state index is 2.42. The molecule has 0 unspecified atom stereocenters. The summed E-state index contributed by atoms with van der Waals surface area (Å²) in [6.07, 6.45) is 46.6. The molecular weight excluding hydrogens is 781 g/mol. The Bertz CT molecular complexity index is 770. The Morgan fingerprint density at radius 1 is 0.172 bits per heavy atom. The first-order valence-electron chi connectivity index (χ1n) is 29.1. The van der Waals surface area contributed by atoms with Gasteiger partial charge in [-0.05, 0) is 215 Å². The Labute approximate surface area is 405 Å². The second-order valence-electron chi connectivity index (χ2n) is 23.0. The molecule has 0 aromatic rings. The van der Waals surface area contributed by atoms with Crippen molar-refractivity contribution in [2.45, 2.75) is 233 Å². The number of hydrogen-bond donors (Lipinski definition) is 0. The van der Waals surface area contributed by atoms with Crippen LogP contribution in [0.15, 0.2) is 0 Å². The predicted octanol–water partition coefficient (Wildman–Crippen LogP) is 14.6. The fourth-order valence-corrected chi connectivity index (χ4v) is 9.57. The molecule has 0 aromatic carbocycles. The van der Waals surface area contributed by atoms with E-state index in [2.05, 4.69) is 99.4 Å². The summed E-state index contributed by atoms with van der Waals surface area (Å²) in [7, 11) is 13.1. The van der Waals surface area contributed by atoms with Gasteiger partial charge in [-0.1, -0.05) is 163 Å². The fourth-order valence-electron chi connectivity index (χ4n) is 9.57. The third-order valence-corrected chi connectivity index (χ3v) is 15.6. The molecular formula is C58H122N6. The van der Waals surface area contributed by atoms with Crippen LogP contribution in [0, 0.1) is 23.7 Å². The van der Waals surface area contributed by atoms with Gasteiger partial charge >= 0.3 is 0 Å². The summed E-state index contributed by atoms with van der Waals surface area (Å²) in [5.74, 6) is 4.20. The van der Waals surface area contributed by atoms with Crippen molar-refractivity contribution in [2.24, 2.45) is 23.7 Å². The van der Waals surface area contributed by atoms with Crippen LogP contribution in [0.2, 0.25) is 0 Å². The van der Waals surface area contributed by atoms with E-state index in [1.165, 1.54) is 284 Å². The molecule has 10 aliphatic rings. The summed E-state index contributed by atoms with van der Waals surface area (Å²) in [4.78, 5) is 14.3. The summed E-state index contributed by atoms with van der Waals surface area (Å²) in [5.41, 5.74) is 0. The average molecular weight is 904 g/mol. The number of hydrogen-bond acceptors (Lipinski definition) is 6. The highest BCUT2D eigenvalue weighted by Gasteiger charge is 2.11. The first-order valence-corrected chi connectivity index (χ1v) is 29.1. The lowest BCUT2D eigenvalue weighted by Crippen LogP contribution is -2.32. The molecule has 0 aromatic heterocycles. The highest BCUT2D eigenvalue weighted by molar-refractivity contribution is 4.65. The van der Waals surface area contributed by atoms with Gasteiger partial charge in [-0.15, -0.1) is 0 Å². The summed E-state index contributed by atoms with van der Waals surface area (Å²) in [6.45, 7) is 25.2. The summed E-state index contributed by atoms with van der Waals surface area (Å²) < 4.78 is 0. The molecule has 64 heavy (non-hydrogen) atoms. The fraction of sp³-hybridized carbons (Fsp3) is 1.00. The molecule has 10 rings (SSSR count). The van der Waals surface area contributed by atoms with Gasteiger partial charge in [0.15, 0.2) is 0 Å². The Kier molecular flexibility index (Phi) is 42.5. The maximum Gasteiger partial charge on any atom is -0.000959 e. The minimum Gasteiger partial charge on any atom is -0.306 e. The second-order valence-corrected chi connectivity index (χ2v) is 23.0. The number of nitrogens with zero attached hydrogens (tertiary/aromatic N) is 6. The monoisotopic (exact) mass is 903 g/mol. The number of likely N-dealkylation sites (tertiary alicyclic amines) is 6. The zero-order chi connectivity index (χ0) is 46.9. The van der Waals surface area contributed by atoms with Crippen molar-refractivity contribution >= 4 is 0 Å². The summed E-state index contributed by atoms with van der Waals surface area (Å²) in [6, 6.07) is 0. The van der Waals surface area contributed by atoms with Gasteiger partial charge in [0.25, 0.3) is 0 Å². The van der Waals surface area contributed by atoms with Gasteiger partial charge in [-0.25, -0.2) is 0 Å². The van der Waals surface area contributed by atoms with E-state index in [0.29, 0.717) is 0 Å². The molecule has 10 fully saturated rings. The normalized spacial score (nSPS) is 25.4. The molecule has 6 aliphatic heterocycles. The minimum atomic E-state index is 1.04. The quantitative estimate of drug-likeness (QED) is 0.240. The van der Waals surface area contributed by atoms with E-state index in [1.54, 1.807) is 0 Å². The molecule has 0 atom stereocenters. The van der Waals surface area contributed by atoms with Crippen molar-refractivity contribution in [3.63, 3.8) is 0 Å². The van der Waals surface area contributed by atoms with Crippen molar-refractivity contribution in [3.8, 4) is 0 Å². The molecule has 6 nitrogen and oxygen atoms in total. The first-order chi connectivity index (χ1) is 30.9. The summed E-state index contributed by atoms with van der Waals surface area (Å²) in [5, 5.41) is 0. The average Bonchev–Trinajstić information content (AvgIpc) is 3.64. The van der Waals surface area contributed by atoms with Gasteiger partial charge in [-0.3, -0.25) is 0 Å². The standard InChI is InChI=1S/C7H15N.2C7H14.3C6H13N.C5H11N.2C5H10.C4H9N/c1-8-6-4-2-3-5-7-8;5*1-7-5-3-2-4-6-7;1-6-4-2-3-5-6;3*1-5-3-2-4-5/h2-7H2,1H3;2*7H,2-6H2,1H3;3*2-6H2,1H3;2-5H2,1H3;2*5H,2-4H2,1H3;2-4H2,1H3. The van der Waals surface area contributed by atoms with Crippen LogP contribution >= 0.6 is 0 Å². The number of piperidine rings is 3. The molecule has 0 spiro atoms. The van der Waals surface area contributed by atoms with E-state index in [9.17, 15) is 0 Å². The third-order valence-electron chi connectivity index (χ3n) is 15.6. The van der Waals surface area contributed by atoms with Crippen LogP contribution in [0.5, 0.6) is 0 Å². The SMILES string of the molecule is CC1CCC1.CC1CCC1.CC1CCCCC1.CC1CCCCC1.CN1CCC1.CN1CCCC1.CN1CCCCC1.CN1CCCCC1.CN1CCCCC1.CN1CCCCCC1. The molecule has 384 valence electrons. The van der Waals surface area contributed by atoms with E-state index in [-0.39, 0.29) is 0 Å². The Hall–Kier alpha value is -0.240. The third kappa shape index (κ3) is 41.9. The Morgan fingerprint density at radius 3 is 0.422 bits per heavy atom. The van der Waals surface area contributed by atoms with Crippen LogP contribution < -0.4 is 0 Å². The highest BCUT2D eigenvalue weighted by atomic mass is 15.1. The highest BCUT2D eigenvalue weighted by Crippen LogP contribution is 2.25. The smallest absolute Gasteiger partial charge is 0.000959 e. The van der Waals surface area contributed by atoms with Gasteiger partial charge in [0, 0.05) is 0 Å². The van der Waals surface area contributed by atoms with Crippen LogP contribution in [0.3, 0.4) is 0 Å². The molecule has 4 saturated carbocycles. The molecule has 6 heteroatoms. The topological polar surface area (TPSA) is 19.4 Å². The second kappa shape index (κ2) is 44.0. The van der Waals surface area contributed by atoms with Gasteiger partial charge in [0.05, 0.1) is 0 Å². The van der Waals surface area contributed by atoms with Crippen LogP contribution in [-0.2, 0) is 0 Å². The molecule has 0 amide bonds. The molecule has 0 bridgehead atoms. The number of rotatable bonds is 0. The molecule has 6 saturated heterocycles. The van der Waals surface area contributed by atoms with Crippen molar-refractivity contribution in [3.05, 3.63) is 0 Å². The van der Waals surface area contributed by atoms with Crippen molar-refractivity contribution in [1.82, 2.24) is 29.4 Å². The van der Waals surface area contributed by atoms with Crippen molar-refractivity contribution < 1.29 is 0 Å². The zero-order valence-corrected chi connectivity index (χ0v) is 46.1. The van der Waals surface area contributed by atoms with E-state index in [1.807, 2.05) is 0 Å². The lowest BCUT2D eigenvalue weighted by Gasteiger charge is -2.24. The van der Waals surface area contributed by atoms with Gasteiger partial charge in [0.2, 0.25) is 0 Å². The van der Waals surface area contributed by atoms with Gasteiger partial charge in [-0.2, -0.15) is 0 Å². The van der Waals surface area contributed by atoms with Crippen LogP contribution in [0.4, 0.5) is 0 Å². The largest absolute Gasteiger partial charge is 0.306 e. The van der Waals surface area contributed by atoms with E-state index >= 15 is 0 Å². The van der Waals surface area contributed by atoms with E-state index in [0.717, 1.165) is 23.7 Å².